The Labute approximate surface area is 58.8 Å². The van der Waals surface area contributed by atoms with Gasteiger partial charge in [-0.05, 0) is 0 Å². The summed E-state index contributed by atoms with van der Waals surface area (Å²) in [5, 5.41) is 0. The van der Waals surface area contributed by atoms with Crippen molar-refractivity contribution < 1.29 is 25.5 Å². The van der Waals surface area contributed by atoms with E-state index in [2.05, 4.69) is 0 Å². The molecule has 20 valence electrons. The minimum absolute atomic E-state index is 0. The smallest absolute Gasteiger partial charge is 0 e. The second kappa shape index (κ2) is 23.5. The summed E-state index contributed by atoms with van der Waals surface area (Å²) in [6.45, 7) is 0. The fraction of sp³-hybridized carbons (Fsp3) is 0. The molecule has 0 rings (SSSR count). The van der Waals surface area contributed by atoms with Crippen LogP contribution in [0, 0.1) is 0 Å². The van der Waals surface area contributed by atoms with Crippen LogP contribution in [0.1, 0.15) is 0 Å². The maximum atomic E-state index is 8.28. The first-order valence-corrected chi connectivity index (χ1v) is 0.866. The molecule has 0 heterocycles. The van der Waals surface area contributed by atoms with E-state index in [0.717, 1.165) is 0 Å². The van der Waals surface area contributed by atoms with Gasteiger partial charge in [-0.2, -0.15) is 0 Å². The van der Waals surface area contributed by atoms with Gasteiger partial charge in [0.05, 0.1) is 0 Å². The molecule has 0 bridgehead atoms. The quantitative estimate of drug-likeness (QED) is 0.341. The van der Waals surface area contributed by atoms with Gasteiger partial charge in [0.2, 0.25) is 0 Å². The molecule has 0 aromatic carbocycles. The normalized spacial score (nSPS) is 0.750. The van der Waals surface area contributed by atoms with Gasteiger partial charge in [0.25, 0.3) is 0 Å². The van der Waals surface area contributed by atoms with Crippen molar-refractivity contribution in [2.45, 2.75) is 0 Å². The summed E-state index contributed by atoms with van der Waals surface area (Å²) in [5.41, 5.74) is 0. The van der Waals surface area contributed by atoms with E-state index >= 15 is 0 Å². The van der Waals surface area contributed by atoms with E-state index in [1.54, 1.807) is 0 Å². The van der Waals surface area contributed by atoms with Crippen LogP contribution >= 0.6 is 0 Å². The zero-order chi connectivity index (χ0) is 2.00. The van der Waals surface area contributed by atoms with Gasteiger partial charge in [-0.25, -0.2) is 0 Å². The second-order valence-corrected chi connectivity index (χ2v) is 0. The molecule has 1 nitrogen and oxygen atoms in total. The van der Waals surface area contributed by atoms with E-state index in [1.165, 1.54) is 0 Å². The van der Waals surface area contributed by atoms with E-state index in [4.69, 9.17) is 3.80 Å². The molecule has 0 aliphatic heterocycles. The van der Waals surface area contributed by atoms with Crippen molar-refractivity contribution in [1.29, 1.82) is 0 Å². The van der Waals surface area contributed by atoms with Crippen LogP contribution in [0.3, 0.4) is 0 Å². The molecule has 0 saturated heterocycles. The summed E-state index contributed by atoms with van der Waals surface area (Å²) in [4.78, 5) is 0. The van der Waals surface area contributed by atoms with Gasteiger partial charge in [0.15, 0.2) is 17.4 Å². The maximum Gasteiger partial charge on any atom is 0 e. The Morgan fingerprint density at radius 1 is 1.25 bits per heavy atom. The summed E-state index contributed by atoms with van der Waals surface area (Å²) in [7, 11) is 0. The van der Waals surface area contributed by atoms with Gasteiger partial charge in [0, 0.05) is 21.7 Å². The minimum Gasteiger partial charge on any atom is 0 e. The molecule has 0 aliphatic rings. The topological polar surface area (TPSA) is 17.1 Å². The molecule has 0 N–H and O–H groups in total. The van der Waals surface area contributed by atoms with Gasteiger partial charge >= 0.3 is 20.0 Å². The largest absolute Gasteiger partial charge is 0 e. The summed E-state index contributed by atoms with van der Waals surface area (Å²) < 4.78 is 8.28. The predicted octanol–water partition coefficient (Wildman–Crippen LogP) is -1.95. The van der Waals surface area contributed by atoms with Crippen molar-refractivity contribution in [2.24, 2.45) is 0 Å². The molecule has 4 heteroatoms. The molecule has 0 unspecified atom stereocenters. The molecule has 0 radical (unpaired) electrons. The van der Waals surface area contributed by atoms with E-state index in [0.29, 0.717) is 16.2 Å². The third-order valence-corrected chi connectivity index (χ3v) is 0. The van der Waals surface area contributed by atoms with Crippen molar-refractivity contribution in [3.05, 3.63) is 0 Å². The van der Waals surface area contributed by atoms with Crippen LogP contribution in [0.2, 0.25) is 0 Å². The summed E-state index contributed by atoms with van der Waals surface area (Å²) in [6.07, 6.45) is 0. The van der Waals surface area contributed by atoms with Crippen LogP contribution in [0.25, 0.3) is 0 Å². The number of rotatable bonds is 0. The Hall–Kier alpha value is 1.58. The zero-order valence-electron chi connectivity index (χ0n) is 1.62. The molecule has 0 aromatic heterocycles. The van der Waals surface area contributed by atoms with Crippen molar-refractivity contribution in [1.82, 2.24) is 0 Å². The zero-order valence-corrected chi connectivity index (χ0v) is 4.59. The standard InChI is InChI=1S/2Al.O.Ti.4H. The van der Waals surface area contributed by atoms with E-state index in [-0.39, 0.29) is 39.1 Å². The molecule has 0 aliphatic carbocycles. The first-order valence-electron chi connectivity index (χ1n) is 0.289. The summed E-state index contributed by atoms with van der Waals surface area (Å²) in [6, 6.07) is 0. The molecule has 0 saturated carbocycles. The average molecular weight is 122 g/mol. The van der Waals surface area contributed by atoms with Crippen LogP contribution in [0.4, 0.5) is 0 Å². The van der Waals surface area contributed by atoms with Crippen LogP contribution in [0.15, 0.2) is 0 Å². The fourth-order valence-corrected chi connectivity index (χ4v) is 0. The first-order chi connectivity index (χ1) is 1.00. The maximum absolute atomic E-state index is 8.28. The molecule has 0 atom stereocenters. The Bertz CT molecular complexity index is 6.00. The van der Waals surface area contributed by atoms with E-state index < -0.39 is 0 Å². The van der Waals surface area contributed by atoms with Crippen LogP contribution in [0.5, 0.6) is 0 Å². The van der Waals surface area contributed by atoms with Crippen molar-refractivity contribution in [3.8, 4) is 0 Å². The Kier molecular flexibility index (Phi) is 103. The molecule has 4 heavy (non-hydrogen) atoms. The van der Waals surface area contributed by atoms with Gasteiger partial charge in [-0.3, -0.25) is 0 Å². The molecule has 0 aromatic rings. The predicted molar refractivity (Wildman–Crippen MR) is 17.8 cm³/mol. The van der Waals surface area contributed by atoms with Gasteiger partial charge < -0.3 is 0 Å². The molecule has 0 spiro atoms. The Balaban J connectivity index is -0.00000000500. The van der Waals surface area contributed by atoms with Gasteiger partial charge in [-0.15, -0.1) is 0 Å². The van der Waals surface area contributed by atoms with Crippen molar-refractivity contribution in [3.63, 3.8) is 0 Å². The second-order valence-electron chi connectivity index (χ2n) is 0. The molecule has 0 amide bonds. The monoisotopic (exact) mass is 122 g/mol. The van der Waals surface area contributed by atoms with E-state index in [1.807, 2.05) is 0 Å². The van der Waals surface area contributed by atoms with Gasteiger partial charge in [0.1, 0.15) is 0 Å². The van der Waals surface area contributed by atoms with Crippen molar-refractivity contribution in [2.75, 3.05) is 0 Å². The van der Waals surface area contributed by atoms with E-state index in [9.17, 15) is 0 Å². The Morgan fingerprint density at radius 3 is 1.25 bits per heavy atom. The summed E-state index contributed by atoms with van der Waals surface area (Å²) >= 11 is 0.611. The third-order valence-electron chi connectivity index (χ3n) is 0. The SMILES string of the molecule is [AlH3].[O]=[AlH].[Ti]. The van der Waals surface area contributed by atoms with Crippen molar-refractivity contribution >= 4 is 33.6 Å². The van der Waals surface area contributed by atoms with Gasteiger partial charge in [-0.1, -0.05) is 0 Å². The minimum atomic E-state index is 0. The average Bonchev–Trinajstić information content (AvgIpc) is 1.00. The number of hydrogen-bond acceptors (Lipinski definition) is 1. The first kappa shape index (κ1) is 17.6. The van der Waals surface area contributed by atoms with Crippen LogP contribution < -0.4 is 0 Å². The Morgan fingerprint density at radius 2 is 1.25 bits per heavy atom. The molecular formula is H4Al2OTi. The molecular weight excluding hydrogens is 118 g/mol. The van der Waals surface area contributed by atoms with Crippen LogP contribution in [-0.2, 0) is 25.5 Å². The summed E-state index contributed by atoms with van der Waals surface area (Å²) in [5.74, 6) is 0. The number of hydrogen-bond donors (Lipinski definition) is 0. The fourth-order valence-electron chi connectivity index (χ4n) is 0. The molecule has 0 fully saturated rings. The van der Waals surface area contributed by atoms with Crippen LogP contribution in [-0.4, -0.2) is 33.6 Å². The third kappa shape index (κ3) is 9.55.